The van der Waals surface area contributed by atoms with Crippen molar-refractivity contribution in [1.82, 2.24) is 35.3 Å². The number of pyridine rings is 2. The largest absolute Gasteiger partial charge is 0.457 e. The number of carbonyl (C=O) groups is 5. The van der Waals surface area contributed by atoms with Crippen LogP contribution in [0, 0.1) is 0 Å². The van der Waals surface area contributed by atoms with Crippen LogP contribution >= 0.6 is 0 Å². The number of amides is 3. The van der Waals surface area contributed by atoms with Crippen molar-refractivity contribution in [3.63, 3.8) is 0 Å². The number of ether oxygens (including phenoxy) is 3. The summed E-state index contributed by atoms with van der Waals surface area (Å²) in [5.74, 6) is -2.80. The van der Waals surface area contributed by atoms with Crippen molar-refractivity contribution in [3.8, 4) is 17.1 Å². The predicted molar refractivity (Wildman–Crippen MR) is 224 cm³/mol. The third-order valence-corrected chi connectivity index (χ3v) is 12.6. The van der Waals surface area contributed by atoms with Crippen molar-refractivity contribution < 1.29 is 43.3 Å². The van der Waals surface area contributed by atoms with E-state index in [0.717, 1.165) is 48.9 Å². The first kappa shape index (κ1) is 43.7. The SMILES string of the molecule is CCc1c2c(nc3ccc(OC(=O)N4CCC(N5CCCCC5)CC4)cc13)-c1cc3c(c(=O)n1C2)COC(=O)[C@@]3(CC)OC(=O)CNC(=O)[C@H](CCCCNC)NC(=O)CO. The second-order valence-electron chi connectivity index (χ2n) is 16.3. The molecule has 4 N–H and O–H groups in total. The second-order valence-corrected chi connectivity index (χ2v) is 16.3. The highest BCUT2D eigenvalue weighted by Gasteiger charge is 2.50. The molecule has 0 bridgehead atoms. The Hall–Kier alpha value is -5.39. The Labute approximate surface area is 354 Å². The average Bonchev–Trinajstić information content (AvgIpc) is 3.65. The van der Waals surface area contributed by atoms with Crippen molar-refractivity contribution in [2.75, 3.05) is 52.9 Å². The van der Waals surface area contributed by atoms with Crippen LogP contribution in [-0.4, -0.2) is 119 Å². The van der Waals surface area contributed by atoms with Gasteiger partial charge in [-0.2, -0.15) is 0 Å². The molecule has 0 unspecified atom stereocenters. The molecule has 2 atom stereocenters. The number of aromatic nitrogens is 2. The van der Waals surface area contributed by atoms with E-state index in [1.54, 1.807) is 41.6 Å². The first-order chi connectivity index (χ1) is 29.5. The van der Waals surface area contributed by atoms with Gasteiger partial charge >= 0.3 is 18.0 Å². The lowest BCUT2D eigenvalue weighted by Gasteiger charge is -2.39. The van der Waals surface area contributed by atoms with Crippen LogP contribution in [-0.2, 0) is 53.8 Å². The second kappa shape index (κ2) is 19.1. The summed E-state index contributed by atoms with van der Waals surface area (Å²) in [4.78, 5) is 89.0. The van der Waals surface area contributed by atoms with Gasteiger partial charge in [-0.05, 0) is 114 Å². The van der Waals surface area contributed by atoms with Gasteiger partial charge in [-0.25, -0.2) is 14.6 Å². The zero-order valence-corrected chi connectivity index (χ0v) is 35.3. The fourth-order valence-electron chi connectivity index (χ4n) is 9.30. The highest BCUT2D eigenvalue weighted by atomic mass is 16.6. The minimum absolute atomic E-state index is 0.0712. The van der Waals surface area contributed by atoms with Crippen molar-refractivity contribution >= 4 is 40.7 Å². The van der Waals surface area contributed by atoms with Crippen molar-refractivity contribution in [2.45, 2.75) is 109 Å². The Kier molecular flexibility index (Phi) is 13.7. The number of nitrogens with zero attached hydrogens (tertiary/aromatic N) is 4. The maximum absolute atomic E-state index is 14.3. The van der Waals surface area contributed by atoms with Gasteiger partial charge in [0.05, 0.1) is 29.0 Å². The van der Waals surface area contributed by atoms with Crippen molar-refractivity contribution in [2.24, 2.45) is 0 Å². The zero-order valence-electron chi connectivity index (χ0n) is 35.3. The molecular formula is C44H57N7O10. The molecule has 2 aromatic heterocycles. The maximum atomic E-state index is 14.3. The van der Waals surface area contributed by atoms with Crippen molar-refractivity contribution in [1.29, 1.82) is 0 Å². The van der Waals surface area contributed by atoms with Crippen LogP contribution in [0.1, 0.15) is 93.9 Å². The van der Waals surface area contributed by atoms with Crippen molar-refractivity contribution in [3.05, 3.63) is 56.9 Å². The minimum atomic E-state index is -1.99. The number of esters is 2. The van der Waals surface area contributed by atoms with Crippen LogP contribution in [0.15, 0.2) is 29.1 Å². The van der Waals surface area contributed by atoms with Gasteiger partial charge in [0.15, 0.2) is 0 Å². The molecule has 2 saturated heterocycles. The number of cyclic esters (lactones) is 1. The number of fused-ring (bicyclic) bond motifs is 5. The molecule has 0 spiro atoms. The van der Waals surface area contributed by atoms with Gasteiger partial charge < -0.3 is 49.6 Å². The predicted octanol–water partition coefficient (Wildman–Crippen LogP) is 2.63. The molecule has 3 amide bonds. The van der Waals surface area contributed by atoms with E-state index in [1.165, 1.54) is 19.3 Å². The zero-order chi connectivity index (χ0) is 43.3. The van der Waals surface area contributed by atoms with Gasteiger partial charge in [0.2, 0.25) is 17.4 Å². The van der Waals surface area contributed by atoms with E-state index in [2.05, 4.69) is 20.9 Å². The highest BCUT2D eigenvalue weighted by Crippen LogP contribution is 2.42. The van der Waals surface area contributed by atoms with Crippen LogP contribution < -0.4 is 26.2 Å². The third kappa shape index (κ3) is 9.00. The first-order valence-electron chi connectivity index (χ1n) is 21.7. The Bertz CT molecular complexity index is 2230. The summed E-state index contributed by atoms with van der Waals surface area (Å²) in [5, 5.41) is 18.0. The number of aryl methyl sites for hydroxylation is 1. The number of rotatable bonds is 15. The fraction of sp³-hybridized carbons (Fsp3) is 0.568. The van der Waals surface area contributed by atoms with Gasteiger partial charge in [0.1, 0.15) is 31.5 Å². The van der Waals surface area contributed by atoms with E-state index in [9.17, 15) is 33.9 Å². The topological polar surface area (TPSA) is 211 Å². The molecule has 7 rings (SSSR count). The molecule has 61 heavy (non-hydrogen) atoms. The number of aliphatic hydroxyl groups excluding tert-OH is 1. The van der Waals surface area contributed by atoms with Crippen LogP contribution in [0.2, 0.25) is 0 Å². The Morgan fingerprint density at radius 2 is 1.79 bits per heavy atom. The molecule has 1 aromatic carbocycles. The lowest BCUT2D eigenvalue weighted by Crippen LogP contribution is -2.51. The summed E-state index contributed by atoms with van der Waals surface area (Å²) < 4.78 is 18.9. The minimum Gasteiger partial charge on any atom is -0.457 e. The normalized spacial score (nSPS) is 19.3. The number of carbonyl (C=O) groups excluding carboxylic acids is 5. The number of aliphatic hydroxyl groups is 1. The summed E-state index contributed by atoms with van der Waals surface area (Å²) in [5.41, 5.74) is 1.36. The van der Waals surface area contributed by atoms with E-state index in [1.807, 2.05) is 13.0 Å². The molecule has 4 aliphatic heterocycles. The van der Waals surface area contributed by atoms with Gasteiger partial charge in [-0.15, -0.1) is 0 Å². The quantitative estimate of drug-likeness (QED) is 0.100. The monoisotopic (exact) mass is 843 g/mol. The number of hydrogen-bond donors (Lipinski definition) is 4. The molecule has 4 aliphatic rings. The van der Waals surface area contributed by atoms with Gasteiger partial charge in [0.25, 0.3) is 5.56 Å². The number of likely N-dealkylation sites (tertiary alicyclic amines) is 2. The lowest BCUT2D eigenvalue weighted by molar-refractivity contribution is -0.189. The molecule has 17 nitrogen and oxygen atoms in total. The molecule has 2 fully saturated rings. The third-order valence-electron chi connectivity index (χ3n) is 12.6. The number of hydrogen-bond acceptors (Lipinski definition) is 13. The first-order valence-corrected chi connectivity index (χ1v) is 21.7. The van der Waals surface area contributed by atoms with E-state index in [-0.39, 0.29) is 43.2 Å². The van der Waals surface area contributed by atoms with E-state index in [4.69, 9.17) is 19.2 Å². The van der Waals surface area contributed by atoms with Gasteiger partial charge in [0, 0.05) is 35.6 Å². The Morgan fingerprint density at radius 3 is 2.49 bits per heavy atom. The number of benzene rings is 1. The summed E-state index contributed by atoms with van der Waals surface area (Å²) in [6.45, 7) is 6.36. The smallest absolute Gasteiger partial charge is 0.415 e. The molecule has 0 saturated carbocycles. The van der Waals surface area contributed by atoms with E-state index < -0.39 is 54.1 Å². The number of nitrogens with one attached hydrogen (secondary N) is 3. The lowest BCUT2D eigenvalue weighted by atomic mass is 9.85. The van der Waals surface area contributed by atoms with Crippen LogP contribution in [0.3, 0.4) is 0 Å². The maximum Gasteiger partial charge on any atom is 0.415 e. The van der Waals surface area contributed by atoms with Gasteiger partial charge in [-0.1, -0.05) is 20.3 Å². The average molecular weight is 844 g/mol. The molecule has 3 aromatic rings. The fourth-order valence-corrected chi connectivity index (χ4v) is 9.30. The van der Waals surface area contributed by atoms with E-state index >= 15 is 0 Å². The number of piperidine rings is 2. The molecule has 328 valence electrons. The molecule has 0 aliphatic carbocycles. The standard InChI is InChI=1S/C44H57N7O10/c1-4-29-30-21-28(60-43(58)50-19-14-27(15-20-50)49-17-9-6-10-18-49)12-13-34(30)48-39-31(29)24-51-36(39)22-33-32(41(51)56)26-59-42(57)44(33,5-2)61-38(54)23-46-40(55)35(47-37(53)25-52)11-7-8-16-45-3/h12-13,21-22,27,35,45,52H,4-11,14-20,23-26H2,1-3H3,(H,46,55)(H,47,53)/t35-,44-/m0/s1. The number of unbranched alkanes of at least 4 members (excludes halogenated alkanes) is 1. The van der Waals surface area contributed by atoms with Gasteiger partial charge in [-0.3, -0.25) is 19.2 Å². The summed E-state index contributed by atoms with van der Waals surface area (Å²) >= 11 is 0. The van der Waals surface area contributed by atoms with E-state index in [0.29, 0.717) is 61.2 Å². The van der Waals surface area contributed by atoms with Crippen LogP contribution in [0.5, 0.6) is 5.75 Å². The summed E-state index contributed by atoms with van der Waals surface area (Å²) in [7, 11) is 1.80. The summed E-state index contributed by atoms with van der Waals surface area (Å²) in [6, 6.07) is 6.51. The summed E-state index contributed by atoms with van der Waals surface area (Å²) in [6.07, 6.45) is 7.34. The molecule has 0 radical (unpaired) electrons. The molecule has 17 heteroatoms. The Balaban J connectivity index is 1.10. The van der Waals surface area contributed by atoms with Crippen LogP contribution in [0.4, 0.5) is 4.79 Å². The Morgan fingerprint density at radius 1 is 1.02 bits per heavy atom. The van der Waals surface area contributed by atoms with Crippen LogP contribution in [0.25, 0.3) is 22.3 Å². The highest BCUT2D eigenvalue weighted by molar-refractivity contribution is 5.93. The molecular weight excluding hydrogens is 787 g/mol. The molecule has 6 heterocycles.